The molecule has 5 rings (SSSR count). The molecule has 0 saturated carbocycles. The van der Waals surface area contributed by atoms with Gasteiger partial charge in [-0.3, -0.25) is 9.59 Å². The molecule has 4 aromatic rings. The molecule has 0 unspecified atom stereocenters. The second-order valence-corrected chi connectivity index (χ2v) is 9.49. The van der Waals surface area contributed by atoms with Crippen LogP contribution in [0.1, 0.15) is 36.9 Å². The number of nitrogens with zero attached hydrogens (tertiary/aromatic N) is 2. The van der Waals surface area contributed by atoms with Crippen molar-refractivity contribution in [2.75, 3.05) is 7.05 Å². The molecule has 0 spiro atoms. The summed E-state index contributed by atoms with van der Waals surface area (Å²) < 4.78 is 5.46. The van der Waals surface area contributed by atoms with E-state index in [1.807, 2.05) is 48.5 Å². The lowest BCUT2D eigenvalue weighted by Gasteiger charge is -2.30. The Morgan fingerprint density at radius 2 is 1.80 bits per heavy atom. The van der Waals surface area contributed by atoms with E-state index in [0.29, 0.717) is 43.7 Å². The van der Waals surface area contributed by atoms with Gasteiger partial charge in [-0.1, -0.05) is 78.0 Å². The van der Waals surface area contributed by atoms with Crippen molar-refractivity contribution in [3.8, 4) is 11.3 Å². The van der Waals surface area contributed by atoms with Gasteiger partial charge in [-0.25, -0.2) is 0 Å². The minimum atomic E-state index is -0.398. The fourth-order valence-electron chi connectivity index (χ4n) is 4.91. The van der Waals surface area contributed by atoms with Crippen LogP contribution in [0.15, 0.2) is 83.4 Å². The zero-order chi connectivity index (χ0) is 24.3. The Balaban J connectivity index is 1.23. The molecule has 0 bridgehead atoms. The number of hydrogen-bond donors (Lipinski definition) is 1. The number of benzene rings is 3. The molecular weight excluding hydrogens is 438 g/mol. The standard InChI is InChI=1S/C29H29N3O3/c1-32(20-25-18-26(35-31-25)23-8-3-2-4-9-23)28(34)14-16-29(15-13-27(33)30-29)19-21-11-12-22-7-5-6-10-24(22)17-21/h2-12,17-18H,13-16,19-20H2,1H3,(H,30,33)/t29-/m0/s1. The molecule has 1 aromatic heterocycles. The summed E-state index contributed by atoms with van der Waals surface area (Å²) in [6, 6.07) is 26.3. The van der Waals surface area contributed by atoms with E-state index >= 15 is 0 Å². The van der Waals surface area contributed by atoms with Crippen molar-refractivity contribution in [2.24, 2.45) is 0 Å². The average molecular weight is 468 g/mol. The molecule has 2 amide bonds. The first-order chi connectivity index (χ1) is 17.0. The SMILES string of the molecule is CN(Cc1cc(-c2ccccc2)on1)C(=O)CC[C@]1(Cc2ccc3ccccc3c2)CCC(=O)N1. The summed E-state index contributed by atoms with van der Waals surface area (Å²) >= 11 is 0. The molecule has 2 heterocycles. The van der Waals surface area contributed by atoms with Gasteiger partial charge < -0.3 is 14.7 Å². The summed E-state index contributed by atoms with van der Waals surface area (Å²) in [7, 11) is 1.78. The topological polar surface area (TPSA) is 75.4 Å². The number of fused-ring (bicyclic) bond motifs is 1. The van der Waals surface area contributed by atoms with E-state index in [9.17, 15) is 9.59 Å². The molecular formula is C29H29N3O3. The van der Waals surface area contributed by atoms with E-state index in [4.69, 9.17) is 4.52 Å². The lowest BCUT2D eigenvalue weighted by atomic mass is 9.84. The molecule has 35 heavy (non-hydrogen) atoms. The van der Waals surface area contributed by atoms with Gasteiger partial charge in [-0.05, 0) is 35.6 Å². The monoisotopic (exact) mass is 467 g/mol. The van der Waals surface area contributed by atoms with E-state index in [2.05, 4.69) is 40.8 Å². The Morgan fingerprint density at radius 1 is 1.03 bits per heavy atom. The van der Waals surface area contributed by atoms with Crippen LogP contribution >= 0.6 is 0 Å². The molecule has 1 aliphatic heterocycles. The lowest BCUT2D eigenvalue weighted by Crippen LogP contribution is -2.44. The maximum absolute atomic E-state index is 13.0. The summed E-state index contributed by atoms with van der Waals surface area (Å²) in [5.41, 5.74) is 2.43. The highest BCUT2D eigenvalue weighted by atomic mass is 16.5. The third-order valence-electron chi connectivity index (χ3n) is 6.85. The molecule has 1 aliphatic rings. The Labute approximate surface area is 204 Å². The molecule has 0 radical (unpaired) electrons. The first-order valence-corrected chi connectivity index (χ1v) is 12.0. The van der Waals surface area contributed by atoms with Crippen LogP contribution in [0.4, 0.5) is 0 Å². The Kier molecular flexibility index (Phi) is 6.36. The number of aromatic nitrogens is 1. The fraction of sp³-hybridized carbons (Fsp3) is 0.276. The van der Waals surface area contributed by atoms with Crippen LogP contribution in [0.25, 0.3) is 22.1 Å². The van der Waals surface area contributed by atoms with Gasteiger partial charge in [0.05, 0.1) is 6.54 Å². The van der Waals surface area contributed by atoms with Crippen molar-refractivity contribution in [3.63, 3.8) is 0 Å². The number of carbonyl (C=O) groups excluding carboxylic acids is 2. The van der Waals surface area contributed by atoms with Gasteiger partial charge in [0.15, 0.2) is 5.76 Å². The predicted octanol–water partition coefficient (Wildman–Crippen LogP) is 5.12. The summed E-state index contributed by atoms with van der Waals surface area (Å²) in [4.78, 5) is 26.8. The normalized spacial score (nSPS) is 17.5. The molecule has 0 aliphatic carbocycles. The zero-order valence-electron chi connectivity index (χ0n) is 19.9. The highest BCUT2D eigenvalue weighted by Crippen LogP contribution is 2.31. The maximum atomic E-state index is 13.0. The molecule has 6 nitrogen and oxygen atoms in total. The Morgan fingerprint density at radius 3 is 2.57 bits per heavy atom. The van der Waals surface area contributed by atoms with Crippen LogP contribution in [-0.4, -0.2) is 34.5 Å². The van der Waals surface area contributed by atoms with E-state index in [-0.39, 0.29) is 11.8 Å². The molecule has 1 saturated heterocycles. The zero-order valence-corrected chi connectivity index (χ0v) is 19.9. The maximum Gasteiger partial charge on any atom is 0.222 e. The molecule has 6 heteroatoms. The van der Waals surface area contributed by atoms with Crippen LogP contribution in [-0.2, 0) is 22.6 Å². The molecule has 1 fully saturated rings. The number of carbonyl (C=O) groups is 2. The quantitative estimate of drug-likeness (QED) is 0.390. The summed E-state index contributed by atoms with van der Waals surface area (Å²) in [6.07, 6.45) is 2.90. The van der Waals surface area contributed by atoms with Crippen molar-refractivity contribution in [1.82, 2.24) is 15.4 Å². The Bertz CT molecular complexity index is 1350. The third-order valence-corrected chi connectivity index (χ3v) is 6.85. The van der Waals surface area contributed by atoms with Crippen LogP contribution < -0.4 is 5.32 Å². The van der Waals surface area contributed by atoms with E-state index in [1.54, 1.807) is 11.9 Å². The summed E-state index contributed by atoms with van der Waals surface area (Å²) in [5, 5.41) is 9.70. The number of hydrogen-bond acceptors (Lipinski definition) is 4. The van der Waals surface area contributed by atoms with Gasteiger partial charge in [0.1, 0.15) is 5.69 Å². The van der Waals surface area contributed by atoms with Crippen molar-refractivity contribution in [1.29, 1.82) is 0 Å². The first-order valence-electron chi connectivity index (χ1n) is 12.0. The predicted molar refractivity (Wildman–Crippen MR) is 135 cm³/mol. The average Bonchev–Trinajstić information content (AvgIpc) is 3.49. The van der Waals surface area contributed by atoms with E-state index < -0.39 is 5.54 Å². The van der Waals surface area contributed by atoms with Crippen molar-refractivity contribution in [3.05, 3.63) is 90.1 Å². The molecule has 1 N–H and O–H groups in total. The van der Waals surface area contributed by atoms with Crippen LogP contribution in [0.5, 0.6) is 0 Å². The van der Waals surface area contributed by atoms with Crippen LogP contribution in [0, 0.1) is 0 Å². The second-order valence-electron chi connectivity index (χ2n) is 9.49. The smallest absolute Gasteiger partial charge is 0.222 e. The highest BCUT2D eigenvalue weighted by molar-refractivity contribution is 5.83. The van der Waals surface area contributed by atoms with E-state index in [0.717, 1.165) is 12.0 Å². The van der Waals surface area contributed by atoms with Crippen LogP contribution in [0.3, 0.4) is 0 Å². The van der Waals surface area contributed by atoms with Crippen molar-refractivity contribution < 1.29 is 14.1 Å². The van der Waals surface area contributed by atoms with Gasteiger partial charge in [0.2, 0.25) is 11.8 Å². The molecule has 178 valence electrons. The minimum Gasteiger partial charge on any atom is -0.356 e. The molecule has 3 aromatic carbocycles. The van der Waals surface area contributed by atoms with Crippen molar-refractivity contribution in [2.45, 2.75) is 44.2 Å². The summed E-state index contributed by atoms with van der Waals surface area (Å²) in [5.74, 6) is 0.764. The first kappa shape index (κ1) is 22.8. The number of nitrogens with one attached hydrogen (secondary N) is 1. The third kappa shape index (κ3) is 5.27. The number of rotatable bonds is 8. The number of amides is 2. The fourth-order valence-corrected chi connectivity index (χ4v) is 4.91. The highest BCUT2D eigenvalue weighted by Gasteiger charge is 2.38. The van der Waals surface area contributed by atoms with Gasteiger partial charge >= 0.3 is 0 Å². The van der Waals surface area contributed by atoms with Gasteiger partial charge in [-0.2, -0.15) is 0 Å². The summed E-state index contributed by atoms with van der Waals surface area (Å²) in [6.45, 7) is 0.374. The van der Waals surface area contributed by atoms with Gasteiger partial charge in [0.25, 0.3) is 0 Å². The van der Waals surface area contributed by atoms with Gasteiger partial charge in [-0.15, -0.1) is 0 Å². The van der Waals surface area contributed by atoms with Crippen LogP contribution in [0.2, 0.25) is 0 Å². The largest absolute Gasteiger partial charge is 0.356 e. The Hall–Kier alpha value is -3.93. The second kappa shape index (κ2) is 9.74. The van der Waals surface area contributed by atoms with Crippen molar-refractivity contribution >= 4 is 22.6 Å². The van der Waals surface area contributed by atoms with E-state index in [1.165, 1.54) is 16.3 Å². The lowest BCUT2D eigenvalue weighted by molar-refractivity contribution is -0.131. The minimum absolute atomic E-state index is 0.0216. The molecule has 1 atom stereocenters. The van der Waals surface area contributed by atoms with Gasteiger partial charge in [0, 0.05) is 37.1 Å².